The fraction of sp³-hybridized carbons (Fsp3) is 0.120. The Morgan fingerprint density at radius 1 is 0.900 bits per heavy atom. The zero-order valence-electron chi connectivity index (χ0n) is 17.0. The van der Waals surface area contributed by atoms with Gasteiger partial charge in [0.25, 0.3) is 0 Å². The summed E-state index contributed by atoms with van der Waals surface area (Å²) in [6.45, 7) is 6.37. The van der Waals surface area contributed by atoms with Gasteiger partial charge in [-0.3, -0.25) is 0 Å². The third-order valence-corrected chi connectivity index (χ3v) is 6.95. The molecular weight excluding hydrogens is 408 g/mol. The van der Waals surface area contributed by atoms with Crippen molar-refractivity contribution in [3.8, 4) is 21.9 Å². The van der Waals surface area contributed by atoms with Crippen molar-refractivity contribution in [3.63, 3.8) is 0 Å². The summed E-state index contributed by atoms with van der Waals surface area (Å²) in [5.74, 6) is 0.824. The Hall–Kier alpha value is -3.02. The Bertz CT molecular complexity index is 1430. The largest absolute Gasteiger partial charge is 0.455 e. The van der Waals surface area contributed by atoms with Crippen molar-refractivity contribution in [2.45, 2.75) is 20.8 Å². The van der Waals surface area contributed by atoms with E-state index in [2.05, 4.69) is 50.4 Å². The number of aromatic nitrogens is 1. The molecule has 5 rings (SSSR count). The highest BCUT2D eigenvalue weighted by atomic mass is 32.1. The molecule has 0 N–H and O–H groups in total. The molecule has 0 saturated heterocycles. The zero-order chi connectivity index (χ0) is 20.7. The molecule has 0 amide bonds. The van der Waals surface area contributed by atoms with Crippen LogP contribution in [0.25, 0.3) is 32.9 Å². The van der Waals surface area contributed by atoms with Gasteiger partial charge in [-0.25, -0.2) is 9.98 Å². The molecule has 5 aromatic rings. The second kappa shape index (κ2) is 7.67. The van der Waals surface area contributed by atoms with Gasteiger partial charge in [-0.2, -0.15) is 0 Å². The number of nitrogens with zero attached hydrogens (tertiary/aromatic N) is 2. The smallest absolute Gasteiger partial charge is 0.210 e. The van der Waals surface area contributed by atoms with Crippen molar-refractivity contribution < 1.29 is 4.42 Å². The monoisotopic (exact) mass is 428 g/mol. The van der Waals surface area contributed by atoms with E-state index in [1.807, 2.05) is 36.4 Å². The van der Waals surface area contributed by atoms with Gasteiger partial charge in [0.05, 0.1) is 15.9 Å². The van der Waals surface area contributed by atoms with Crippen LogP contribution in [0.3, 0.4) is 0 Å². The molecule has 2 aromatic carbocycles. The molecule has 0 saturated carbocycles. The molecule has 0 aliphatic carbocycles. The summed E-state index contributed by atoms with van der Waals surface area (Å²) >= 11 is 3.28. The first-order valence-electron chi connectivity index (χ1n) is 9.75. The number of fused-ring (bicyclic) bond motifs is 1. The molecule has 0 unspecified atom stereocenters. The van der Waals surface area contributed by atoms with Gasteiger partial charge in [-0.05, 0) is 61.5 Å². The van der Waals surface area contributed by atoms with Crippen LogP contribution in [-0.2, 0) is 0 Å². The summed E-state index contributed by atoms with van der Waals surface area (Å²) in [6, 6.07) is 20.6. The molecule has 0 aliphatic rings. The lowest BCUT2D eigenvalue weighted by Crippen LogP contribution is -2.02. The maximum absolute atomic E-state index is 6.14. The number of rotatable bonds is 3. The van der Waals surface area contributed by atoms with Crippen LogP contribution in [0.5, 0.6) is 0 Å². The fourth-order valence-electron chi connectivity index (χ4n) is 3.44. The van der Waals surface area contributed by atoms with Gasteiger partial charge in [0.15, 0.2) is 0 Å². The molecule has 3 heterocycles. The maximum atomic E-state index is 6.14. The van der Waals surface area contributed by atoms with Gasteiger partial charge in [0.2, 0.25) is 5.13 Å². The molecule has 0 spiro atoms. The van der Waals surface area contributed by atoms with Crippen molar-refractivity contribution in [1.82, 2.24) is 4.98 Å². The van der Waals surface area contributed by atoms with E-state index in [9.17, 15) is 0 Å². The molecule has 0 atom stereocenters. The Kier molecular flexibility index (Phi) is 4.85. The van der Waals surface area contributed by atoms with Crippen LogP contribution in [0.1, 0.15) is 16.0 Å². The molecule has 0 aliphatic heterocycles. The van der Waals surface area contributed by atoms with Crippen molar-refractivity contribution in [2.24, 2.45) is 4.99 Å². The van der Waals surface area contributed by atoms with Gasteiger partial charge >= 0.3 is 0 Å². The standard InChI is InChI=1S/C25H20N2OS2/c1-15-10-11-18(13-16(15)2)24-17(3)30-25(27-24)26-20-14-22(23-9-6-12-29-23)28-21-8-5-4-7-19(20)21/h4-14H,1-3H3. The van der Waals surface area contributed by atoms with Gasteiger partial charge in [0.1, 0.15) is 11.3 Å². The molecule has 0 fully saturated rings. The number of thiazole rings is 1. The van der Waals surface area contributed by atoms with Crippen LogP contribution in [0.4, 0.5) is 5.13 Å². The number of benzene rings is 2. The first kappa shape index (κ1) is 19.0. The predicted octanol–water partition coefficient (Wildman–Crippen LogP) is 7.44. The topological polar surface area (TPSA) is 38.4 Å². The van der Waals surface area contributed by atoms with Gasteiger partial charge in [0, 0.05) is 21.9 Å². The van der Waals surface area contributed by atoms with Crippen LogP contribution in [0.15, 0.2) is 75.5 Å². The summed E-state index contributed by atoms with van der Waals surface area (Å²) < 4.78 is 6.14. The van der Waals surface area contributed by atoms with E-state index in [1.54, 1.807) is 22.7 Å². The van der Waals surface area contributed by atoms with E-state index in [4.69, 9.17) is 14.4 Å². The van der Waals surface area contributed by atoms with E-state index in [1.165, 1.54) is 16.0 Å². The van der Waals surface area contributed by atoms with Crippen LogP contribution < -0.4 is 5.36 Å². The van der Waals surface area contributed by atoms with E-state index in [0.29, 0.717) is 0 Å². The molecule has 3 aromatic heterocycles. The summed E-state index contributed by atoms with van der Waals surface area (Å²) in [5.41, 5.74) is 5.53. The second-order valence-electron chi connectivity index (χ2n) is 7.28. The van der Waals surface area contributed by atoms with Gasteiger partial charge in [-0.15, -0.1) is 11.3 Å². The van der Waals surface area contributed by atoms with Crippen molar-refractivity contribution in [2.75, 3.05) is 0 Å². The SMILES string of the molecule is Cc1ccc(-c2nc(N=c3cc(-c4cccs4)oc4ccccc34)sc2C)cc1C. The molecule has 0 bridgehead atoms. The van der Waals surface area contributed by atoms with Crippen LogP contribution in [-0.4, -0.2) is 4.98 Å². The number of aryl methyl sites for hydroxylation is 3. The lowest BCUT2D eigenvalue weighted by molar-refractivity contribution is 0.620. The lowest BCUT2D eigenvalue weighted by atomic mass is 10.0. The molecule has 0 radical (unpaired) electrons. The molecule has 30 heavy (non-hydrogen) atoms. The number of hydrogen-bond donors (Lipinski definition) is 0. The molecule has 148 valence electrons. The average molecular weight is 429 g/mol. The van der Waals surface area contributed by atoms with E-state index >= 15 is 0 Å². The average Bonchev–Trinajstić information content (AvgIpc) is 3.40. The normalized spacial score (nSPS) is 12.0. The summed E-state index contributed by atoms with van der Waals surface area (Å²) in [4.78, 5) is 12.1. The molecule has 5 heteroatoms. The minimum Gasteiger partial charge on any atom is -0.455 e. The Balaban J connectivity index is 1.67. The highest BCUT2D eigenvalue weighted by molar-refractivity contribution is 7.15. The number of hydrogen-bond acceptors (Lipinski definition) is 5. The van der Waals surface area contributed by atoms with E-state index < -0.39 is 0 Å². The Morgan fingerprint density at radius 2 is 1.77 bits per heavy atom. The van der Waals surface area contributed by atoms with Crippen LogP contribution in [0, 0.1) is 20.8 Å². The highest BCUT2D eigenvalue weighted by Crippen LogP contribution is 2.33. The highest BCUT2D eigenvalue weighted by Gasteiger charge is 2.12. The third kappa shape index (κ3) is 3.51. The van der Waals surface area contributed by atoms with Crippen molar-refractivity contribution in [1.29, 1.82) is 0 Å². The van der Waals surface area contributed by atoms with Gasteiger partial charge in [-0.1, -0.05) is 41.7 Å². The van der Waals surface area contributed by atoms with Crippen molar-refractivity contribution in [3.05, 3.63) is 87.4 Å². The minimum atomic E-state index is 0.759. The second-order valence-corrected chi connectivity index (χ2v) is 9.41. The van der Waals surface area contributed by atoms with E-state index in [-0.39, 0.29) is 0 Å². The summed E-state index contributed by atoms with van der Waals surface area (Å²) in [5, 5.41) is 4.67. The Morgan fingerprint density at radius 3 is 2.57 bits per heavy atom. The third-order valence-electron chi connectivity index (χ3n) is 5.20. The lowest BCUT2D eigenvalue weighted by Gasteiger charge is -2.03. The predicted molar refractivity (Wildman–Crippen MR) is 127 cm³/mol. The maximum Gasteiger partial charge on any atom is 0.210 e. The fourth-order valence-corrected chi connectivity index (χ4v) is 4.93. The molecule has 3 nitrogen and oxygen atoms in total. The van der Waals surface area contributed by atoms with Crippen LogP contribution >= 0.6 is 22.7 Å². The van der Waals surface area contributed by atoms with Gasteiger partial charge < -0.3 is 4.42 Å². The summed E-state index contributed by atoms with van der Waals surface area (Å²) in [6.07, 6.45) is 0. The minimum absolute atomic E-state index is 0.759. The number of para-hydroxylation sites is 1. The van der Waals surface area contributed by atoms with E-state index in [0.717, 1.165) is 43.4 Å². The Labute approximate surface area is 183 Å². The van der Waals surface area contributed by atoms with Crippen LogP contribution in [0.2, 0.25) is 0 Å². The quantitative estimate of drug-likeness (QED) is 0.299. The first-order chi connectivity index (χ1) is 14.6. The van der Waals surface area contributed by atoms with Crippen molar-refractivity contribution >= 4 is 38.8 Å². The zero-order valence-corrected chi connectivity index (χ0v) is 18.6. The summed E-state index contributed by atoms with van der Waals surface area (Å²) in [7, 11) is 0. The first-order valence-corrected chi connectivity index (χ1v) is 11.4. The molecular formula is C25H20N2OS2. The number of thiophene rings is 1.